The van der Waals surface area contributed by atoms with Crippen LogP contribution in [0.2, 0.25) is 0 Å². The normalized spacial score (nSPS) is 20.8. The van der Waals surface area contributed by atoms with Gasteiger partial charge < -0.3 is 25.0 Å². The lowest BCUT2D eigenvalue weighted by atomic mass is 9.99. The minimum atomic E-state index is -0.344. The van der Waals surface area contributed by atoms with E-state index in [1.165, 1.54) is 24.2 Å². The summed E-state index contributed by atoms with van der Waals surface area (Å²) >= 11 is 1.32. The van der Waals surface area contributed by atoms with E-state index >= 15 is 0 Å². The molecule has 5 rings (SSSR count). The molecule has 2 aliphatic rings. The number of ether oxygens (including phenoxy) is 1. The van der Waals surface area contributed by atoms with Crippen LogP contribution in [0.4, 0.5) is 5.69 Å². The molecule has 2 N–H and O–H groups in total. The van der Waals surface area contributed by atoms with E-state index in [4.69, 9.17) is 4.74 Å². The number of carbonyl (C=O) groups is 2. The van der Waals surface area contributed by atoms with Crippen LogP contribution in [0.15, 0.2) is 42.5 Å². The Labute approximate surface area is 221 Å². The van der Waals surface area contributed by atoms with Gasteiger partial charge in [0.05, 0.1) is 34.1 Å². The Hall–Kier alpha value is -3.01. The van der Waals surface area contributed by atoms with E-state index in [2.05, 4.69) is 29.2 Å². The highest BCUT2D eigenvalue weighted by Gasteiger charge is 2.35. The summed E-state index contributed by atoms with van der Waals surface area (Å²) in [6, 6.07) is 12.5. The van der Waals surface area contributed by atoms with Crippen molar-refractivity contribution in [2.75, 3.05) is 38.6 Å². The quantitative estimate of drug-likeness (QED) is 0.462. The summed E-state index contributed by atoms with van der Waals surface area (Å²) in [5.74, 6) is 0.569. The molecule has 3 atom stereocenters. The zero-order valence-corrected chi connectivity index (χ0v) is 22.3. The van der Waals surface area contributed by atoms with E-state index < -0.39 is 0 Å². The van der Waals surface area contributed by atoms with Crippen molar-refractivity contribution in [1.82, 2.24) is 14.8 Å². The number of aromatic nitrogens is 1. The molecule has 2 amide bonds. The molecule has 0 bridgehead atoms. The van der Waals surface area contributed by atoms with E-state index in [0.717, 1.165) is 22.7 Å². The summed E-state index contributed by atoms with van der Waals surface area (Å²) in [7, 11) is 2.11. The molecule has 2 heterocycles. The summed E-state index contributed by atoms with van der Waals surface area (Å²) in [4.78, 5) is 35.4. The molecule has 9 heteroatoms. The van der Waals surface area contributed by atoms with Gasteiger partial charge in [0, 0.05) is 25.6 Å². The Morgan fingerprint density at radius 1 is 1.24 bits per heavy atom. The number of benzene rings is 2. The van der Waals surface area contributed by atoms with Crippen molar-refractivity contribution in [2.45, 2.75) is 38.8 Å². The highest BCUT2D eigenvalue weighted by molar-refractivity contribution is 7.20. The van der Waals surface area contributed by atoms with Gasteiger partial charge in [-0.3, -0.25) is 9.59 Å². The second-order valence-corrected chi connectivity index (χ2v) is 11.4. The van der Waals surface area contributed by atoms with Gasteiger partial charge in [-0.05, 0) is 57.0 Å². The van der Waals surface area contributed by atoms with Gasteiger partial charge in [-0.15, -0.1) is 11.3 Å². The van der Waals surface area contributed by atoms with E-state index in [9.17, 15) is 14.7 Å². The van der Waals surface area contributed by atoms with E-state index in [-0.39, 0.29) is 36.5 Å². The number of rotatable bonds is 8. The minimum Gasteiger partial charge on any atom is -0.486 e. The number of hydrogen-bond acceptors (Lipinski definition) is 7. The molecular formula is C28H34N4O4S. The number of amides is 2. The first-order valence-electron chi connectivity index (χ1n) is 12.9. The average Bonchev–Trinajstić information content (AvgIpc) is 3.59. The molecule has 0 saturated heterocycles. The van der Waals surface area contributed by atoms with E-state index in [1.807, 2.05) is 31.2 Å². The Balaban J connectivity index is 1.48. The van der Waals surface area contributed by atoms with Crippen molar-refractivity contribution in [3.05, 3.63) is 53.0 Å². The first-order valence-corrected chi connectivity index (χ1v) is 13.7. The summed E-state index contributed by atoms with van der Waals surface area (Å²) in [5.41, 5.74) is 1.59. The highest BCUT2D eigenvalue weighted by atomic mass is 32.1. The third-order valence-corrected chi connectivity index (χ3v) is 8.22. The van der Waals surface area contributed by atoms with Gasteiger partial charge in [-0.1, -0.05) is 25.1 Å². The number of thiazole rings is 1. The van der Waals surface area contributed by atoms with Crippen LogP contribution in [0.1, 0.15) is 46.8 Å². The molecule has 196 valence electrons. The summed E-state index contributed by atoms with van der Waals surface area (Å²) < 4.78 is 7.53. The van der Waals surface area contributed by atoms with Crippen molar-refractivity contribution in [3.8, 4) is 5.75 Å². The third kappa shape index (κ3) is 5.63. The fourth-order valence-electron chi connectivity index (χ4n) is 4.83. The Morgan fingerprint density at radius 2 is 2.03 bits per heavy atom. The molecule has 0 unspecified atom stereocenters. The number of aliphatic hydroxyl groups is 1. The smallest absolute Gasteiger partial charge is 0.284 e. The third-order valence-electron chi connectivity index (χ3n) is 7.19. The molecular weight excluding hydrogens is 488 g/mol. The van der Waals surface area contributed by atoms with Gasteiger partial charge in [0.2, 0.25) is 0 Å². The molecule has 3 aromatic rings. The molecule has 1 saturated carbocycles. The van der Waals surface area contributed by atoms with Crippen LogP contribution in [0.3, 0.4) is 0 Å². The van der Waals surface area contributed by atoms with Crippen LogP contribution in [0.25, 0.3) is 10.2 Å². The monoisotopic (exact) mass is 522 g/mol. The van der Waals surface area contributed by atoms with Gasteiger partial charge in [0.1, 0.15) is 6.10 Å². The van der Waals surface area contributed by atoms with Crippen molar-refractivity contribution in [1.29, 1.82) is 0 Å². The van der Waals surface area contributed by atoms with Gasteiger partial charge in [0.15, 0.2) is 10.8 Å². The van der Waals surface area contributed by atoms with E-state index in [1.54, 1.807) is 23.1 Å². The van der Waals surface area contributed by atoms with Crippen LogP contribution in [0, 0.1) is 11.8 Å². The van der Waals surface area contributed by atoms with Gasteiger partial charge >= 0.3 is 0 Å². The van der Waals surface area contributed by atoms with Crippen molar-refractivity contribution >= 4 is 39.1 Å². The molecule has 0 spiro atoms. The van der Waals surface area contributed by atoms with Gasteiger partial charge in [0.25, 0.3) is 11.8 Å². The SMILES string of the molecule is C[C@H](CO)N1C[C@H](C)[C@@H](CN(C)CC2CC2)Oc2c(NC(=O)c3nc4ccccc4s3)cccc2C1=O. The minimum absolute atomic E-state index is 0.0146. The van der Waals surface area contributed by atoms with Crippen molar-refractivity contribution in [3.63, 3.8) is 0 Å². The second kappa shape index (κ2) is 10.8. The Kier molecular flexibility index (Phi) is 7.46. The number of likely N-dealkylation sites (N-methyl/N-ethyl adjacent to an activating group) is 1. The van der Waals surface area contributed by atoms with Gasteiger partial charge in [-0.2, -0.15) is 0 Å². The zero-order chi connectivity index (χ0) is 26.1. The fraction of sp³-hybridized carbons (Fsp3) is 0.464. The predicted molar refractivity (Wildman–Crippen MR) is 145 cm³/mol. The molecule has 37 heavy (non-hydrogen) atoms. The maximum absolute atomic E-state index is 13.6. The molecule has 0 radical (unpaired) electrons. The number of aliphatic hydroxyl groups excluding tert-OH is 1. The van der Waals surface area contributed by atoms with Crippen molar-refractivity contribution in [2.24, 2.45) is 11.8 Å². The standard InChI is InChI=1S/C28H34N4O4S/c1-17-13-32(18(2)16-33)28(35)20-7-6-9-22(25(20)36-23(17)15-31(3)14-19-11-12-19)29-26(34)27-30-21-8-4-5-10-24(21)37-27/h4-10,17-19,23,33H,11-16H2,1-3H3,(H,29,34)/t17-,18+,23+/m0/s1. The zero-order valence-electron chi connectivity index (χ0n) is 21.5. The molecule has 1 aliphatic carbocycles. The molecule has 1 fully saturated rings. The number of hydrogen-bond donors (Lipinski definition) is 2. The fourth-order valence-corrected chi connectivity index (χ4v) is 5.69. The number of fused-ring (bicyclic) bond motifs is 2. The number of para-hydroxylation sites is 2. The molecule has 1 aliphatic heterocycles. The van der Waals surface area contributed by atoms with Gasteiger partial charge in [-0.25, -0.2) is 4.98 Å². The number of carbonyl (C=O) groups excluding carboxylic acids is 2. The maximum Gasteiger partial charge on any atom is 0.284 e. The Bertz CT molecular complexity index is 1260. The van der Waals surface area contributed by atoms with E-state index in [0.29, 0.717) is 35.1 Å². The summed E-state index contributed by atoms with van der Waals surface area (Å²) in [6.45, 7) is 5.99. The second-order valence-electron chi connectivity index (χ2n) is 10.4. The number of nitrogens with one attached hydrogen (secondary N) is 1. The lowest BCUT2D eigenvalue weighted by Gasteiger charge is -2.38. The van der Waals surface area contributed by atoms with Crippen LogP contribution in [0.5, 0.6) is 5.75 Å². The lowest BCUT2D eigenvalue weighted by Crippen LogP contribution is -2.50. The predicted octanol–water partition coefficient (Wildman–Crippen LogP) is 4.11. The van der Waals surface area contributed by atoms with Crippen LogP contribution in [-0.4, -0.2) is 77.1 Å². The van der Waals surface area contributed by atoms with Crippen LogP contribution < -0.4 is 10.1 Å². The maximum atomic E-state index is 13.6. The lowest BCUT2D eigenvalue weighted by molar-refractivity contribution is 0.0345. The first kappa shape index (κ1) is 25.6. The topological polar surface area (TPSA) is 95.0 Å². The molecule has 8 nitrogen and oxygen atoms in total. The largest absolute Gasteiger partial charge is 0.486 e. The molecule has 1 aromatic heterocycles. The number of nitrogens with zero attached hydrogens (tertiary/aromatic N) is 3. The average molecular weight is 523 g/mol. The molecule has 2 aromatic carbocycles. The van der Waals surface area contributed by atoms with Crippen LogP contribution >= 0.6 is 11.3 Å². The summed E-state index contributed by atoms with van der Waals surface area (Å²) in [6.07, 6.45) is 2.34. The number of anilines is 1. The Morgan fingerprint density at radius 3 is 2.76 bits per heavy atom. The van der Waals surface area contributed by atoms with Crippen LogP contribution in [-0.2, 0) is 0 Å². The highest BCUT2D eigenvalue weighted by Crippen LogP contribution is 2.36. The first-order chi connectivity index (χ1) is 17.8. The summed E-state index contributed by atoms with van der Waals surface area (Å²) in [5, 5.41) is 13.2. The van der Waals surface area contributed by atoms with Crippen molar-refractivity contribution < 1.29 is 19.4 Å².